The lowest BCUT2D eigenvalue weighted by atomic mass is 9.73. The van der Waals surface area contributed by atoms with Crippen LogP contribution in [-0.4, -0.2) is 28.5 Å². The number of hydrazine groups is 1. The minimum atomic E-state index is -0.156. The Morgan fingerprint density at radius 3 is 2.61 bits per heavy atom. The number of hydrogen-bond acceptors (Lipinski definition) is 4. The summed E-state index contributed by atoms with van der Waals surface area (Å²) in [6.07, 6.45) is 3.98. The standard InChI is InChI=1S/C12H21ClN4O/c1-8-11(13)9(17(2)16-8)7-10(15-14)12(18-3)5-4-6-12/h10,15H,4-7,14H2,1-3H3. The molecule has 0 aromatic carbocycles. The molecule has 1 unspecified atom stereocenters. The molecule has 0 spiro atoms. The van der Waals surface area contributed by atoms with Crippen molar-refractivity contribution in [2.24, 2.45) is 12.9 Å². The van der Waals surface area contributed by atoms with E-state index >= 15 is 0 Å². The maximum atomic E-state index is 6.28. The number of aromatic nitrogens is 2. The van der Waals surface area contributed by atoms with E-state index in [9.17, 15) is 0 Å². The van der Waals surface area contributed by atoms with Gasteiger partial charge in [-0.3, -0.25) is 16.0 Å². The summed E-state index contributed by atoms with van der Waals surface area (Å²) in [6, 6.07) is 0.0588. The molecule has 6 heteroatoms. The van der Waals surface area contributed by atoms with Crippen LogP contribution in [0.15, 0.2) is 0 Å². The molecule has 1 fully saturated rings. The van der Waals surface area contributed by atoms with Crippen LogP contribution in [0.25, 0.3) is 0 Å². The minimum Gasteiger partial charge on any atom is -0.377 e. The van der Waals surface area contributed by atoms with Gasteiger partial charge in [-0.05, 0) is 26.2 Å². The van der Waals surface area contributed by atoms with Gasteiger partial charge in [0.1, 0.15) is 0 Å². The van der Waals surface area contributed by atoms with Crippen LogP contribution in [-0.2, 0) is 18.2 Å². The second-order valence-corrected chi connectivity index (χ2v) is 5.39. The van der Waals surface area contributed by atoms with Crippen LogP contribution in [0, 0.1) is 6.92 Å². The monoisotopic (exact) mass is 272 g/mol. The number of nitrogens with zero attached hydrogens (tertiary/aromatic N) is 2. The Balaban J connectivity index is 2.20. The highest BCUT2D eigenvalue weighted by atomic mass is 35.5. The summed E-state index contributed by atoms with van der Waals surface area (Å²) >= 11 is 6.28. The van der Waals surface area contributed by atoms with E-state index in [4.69, 9.17) is 22.2 Å². The lowest BCUT2D eigenvalue weighted by molar-refractivity contribution is -0.0985. The SMILES string of the molecule is COC1(C(Cc2c(Cl)c(C)nn2C)NN)CCC1. The number of ether oxygens (including phenoxy) is 1. The maximum absolute atomic E-state index is 6.28. The summed E-state index contributed by atoms with van der Waals surface area (Å²) in [6.45, 7) is 1.91. The van der Waals surface area contributed by atoms with Gasteiger partial charge in [0.25, 0.3) is 0 Å². The van der Waals surface area contributed by atoms with E-state index < -0.39 is 0 Å². The average Bonchev–Trinajstić information content (AvgIpc) is 2.53. The van der Waals surface area contributed by atoms with Crippen molar-refractivity contribution in [3.05, 3.63) is 16.4 Å². The summed E-state index contributed by atoms with van der Waals surface area (Å²) in [5.74, 6) is 5.70. The number of nitrogens with one attached hydrogen (secondary N) is 1. The van der Waals surface area contributed by atoms with E-state index in [0.29, 0.717) is 0 Å². The van der Waals surface area contributed by atoms with Gasteiger partial charge in [-0.1, -0.05) is 11.6 Å². The molecule has 2 rings (SSSR count). The highest BCUT2D eigenvalue weighted by molar-refractivity contribution is 6.31. The van der Waals surface area contributed by atoms with E-state index in [1.165, 1.54) is 6.42 Å². The molecule has 1 aromatic heterocycles. The number of hydrogen-bond donors (Lipinski definition) is 2. The van der Waals surface area contributed by atoms with Crippen molar-refractivity contribution < 1.29 is 4.74 Å². The third-order valence-corrected chi connectivity index (χ3v) is 4.59. The summed E-state index contributed by atoms with van der Waals surface area (Å²) in [4.78, 5) is 0. The smallest absolute Gasteiger partial charge is 0.0848 e. The van der Waals surface area contributed by atoms with Gasteiger partial charge in [0.05, 0.1) is 28.1 Å². The van der Waals surface area contributed by atoms with Crippen LogP contribution in [0.2, 0.25) is 5.02 Å². The largest absolute Gasteiger partial charge is 0.377 e. The molecule has 0 bridgehead atoms. The fourth-order valence-corrected chi connectivity index (χ4v) is 2.95. The molecule has 1 atom stereocenters. The minimum absolute atomic E-state index is 0.0588. The fraction of sp³-hybridized carbons (Fsp3) is 0.750. The van der Waals surface area contributed by atoms with Gasteiger partial charge in [-0.15, -0.1) is 0 Å². The van der Waals surface area contributed by atoms with Gasteiger partial charge >= 0.3 is 0 Å². The first-order valence-corrected chi connectivity index (χ1v) is 6.61. The van der Waals surface area contributed by atoms with E-state index in [2.05, 4.69) is 10.5 Å². The van der Waals surface area contributed by atoms with Crippen LogP contribution in [0.3, 0.4) is 0 Å². The van der Waals surface area contributed by atoms with Crippen molar-refractivity contribution >= 4 is 11.6 Å². The Labute approximate surface area is 113 Å². The highest BCUT2D eigenvalue weighted by Crippen LogP contribution is 2.39. The van der Waals surface area contributed by atoms with Crippen molar-refractivity contribution in [1.29, 1.82) is 0 Å². The zero-order valence-corrected chi connectivity index (χ0v) is 11.9. The van der Waals surface area contributed by atoms with Gasteiger partial charge in [-0.25, -0.2) is 0 Å². The Morgan fingerprint density at radius 2 is 2.28 bits per heavy atom. The van der Waals surface area contributed by atoms with Gasteiger partial charge < -0.3 is 4.74 Å². The number of halogens is 1. The molecule has 0 amide bonds. The van der Waals surface area contributed by atoms with Crippen LogP contribution >= 0.6 is 11.6 Å². The molecular formula is C12H21ClN4O. The maximum Gasteiger partial charge on any atom is 0.0848 e. The lowest BCUT2D eigenvalue weighted by Gasteiger charge is -2.46. The molecule has 1 aliphatic rings. The van der Waals surface area contributed by atoms with Crippen molar-refractivity contribution in [2.75, 3.05) is 7.11 Å². The topological polar surface area (TPSA) is 65.1 Å². The molecule has 3 N–H and O–H groups in total. The van der Waals surface area contributed by atoms with E-state index in [1.54, 1.807) is 7.11 Å². The van der Waals surface area contributed by atoms with Crippen molar-refractivity contribution in [3.8, 4) is 0 Å². The predicted molar refractivity (Wildman–Crippen MR) is 71.4 cm³/mol. The first-order chi connectivity index (χ1) is 8.54. The summed E-state index contributed by atoms with van der Waals surface area (Å²) < 4.78 is 7.49. The van der Waals surface area contributed by atoms with Crippen LogP contribution < -0.4 is 11.3 Å². The molecule has 0 radical (unpaired) electrons. The van der Waals surface area contributed by atoms with Crippen molar-refractivity contribution in [3.63, 3.8) is 0 Å². The lowest BCUT2D eigenvalue weighted by Crippen LogP contribution is -2.59. The van der Waals surface area contributed by atoms with Gasteiger partial charge in [0.15, 0.2) is 0 Å². The fourth-order valence-electron chi connectivity index (χ4n) is 2.71. The molecule has 102 valence electrons. The molecule has 0 saturated heterocycles. The second kappa shape index (κ2) is 5.17. The zero-order valence-electron chi connectivity index (χ0n) is 11.2. The Hall–Kier alpha value is -0.620. The molecular weight excluding hydrogens is 252 g/mol. The molecule has 1 saturated carbocycles. The Bertz CT molecular complexity index is 422. The third-order valence-electron chi connectivity index (χ3n) is 4.10. The Morgan fingerprint density at radius 1 is 1.61 bits per heavy atom. The Kier molecular flexibility index (Phi) is 3.96. The van der Waals surface area contributed by atoms with E-state index in [0.717, 1.165) is 35.7 Å². The molecule has 1 aliphatic carbocycles. The number of aryl methyl sites for hydroxylation is 2. The van der Waals surface area contributed by atoms with Crippen molar-refractivity contribution in [2.45, 2.75) is 44.2 Å². The average molecular weight is 273 g/mol. The molecule has 0 aliphatic heterocycles. The summed E-state index contributed by atoms with van der Waals surface area (Å²) in [7, 11) is 3.65. The third kappa shape index (κ3) is 2.16. The van der Waals surface area contributed by atoms with E-state index in [-0.39, 0.29) is 11.6 Å². The quantitative estimate of drug-likeness (QED) is 0.627. The molecule has 5 nitrogen and oxygen atoms in total. The van der Waals surface area contributed by atoms with Crippen LogP contribution in [0.4, 0.5) is 0 Å². The normalized spacial score (nSPS) is 19.6. The molecule has 1 heterocycles. The summed E-state index contributed by atoms with van der Waals surface area (Å²) in [5.41, 5.74) is 4.58. The number of nitrogens with two attached hydrogens (primary N) is 1. The van der Waals surface area contributed by atoms with Crippen LogP contribution in [0.5, 0.6) is 0 Å². The number of rotatable bonds is 5. The summed E-state index contributed by atoms with van der Waals surface area (Å²) in [5, 5.41) is 5.05. The first-order valence-electron chi connectivity index (χ1n) is 6.23. The molecule has 18 heavy (non-hydrogen) atoms. The number of methoxy groups -OCH3 is 1. The van der Waals surface area contributed by atoms with Gasteiger partial charge in [-0.2, -0.15) is 5.10 Å². The molecule has 1 aromatic rings. The van der Waals surface area contributed by atoms with E-state index in [1.807, 2.05) is 18.7 Å². The predicted octanol–water partition coefficient (Wildman–Crippen LogP) is 1.33. The zero-order chi connectivity index (χ0) is 13.3. The second-order valence-electron chi connectivity index (χ2n) is 5.02. The van der Waals surface area contributed by atoms with Gasteiger partial charge in [0.2, 0.25) is 0 Å². The van der Waals surface area contributed by atoms with Crippen LogP contribution in [0.1, 0.15) is 30.7 Å². The van der Waals surface area contributed by atoms with Gasteiger partial charge in [0, 0.05) is 20.6 Å². The van der Waals surface area contributed by atoms with Crippen molar-refractivity contribution in [1.82, 2.24) is 15.2 Å². The highest BCUT2D eigenvalue weighted by Gasteiger charge is 2.44. The first kappa shape index (κ1) is 13.8.